The summed E-state index contributed by atoms with van der Waals surface area (Å²) in [5.41, 5.74) is 10.8. The molecular formula is C29H30BN9. The largest absolute Gasteiger partial charge is 0.383 e. The van der Waals surface area contributed by atoms with Gasteiger partial charge in [-0.2, -0.15) is 15.8 Å². The van der Waals surface area contributed by atoms with Gasteiger partial charge in [-0.1, -0.05) is 32.9 Å². The molecular weight excluding hydrogens is 485 g/mol. The molecule has 0 spiro atoms. The molecule has 1 aromatic heterocycles. The average molecular weight is 515 g/mol. The van der Waals surface area contributed by atoms with Gasteiger partial charge in [0.1, 0.15) is 20.0 Å². The Balaban J connectivity index is 1.65. The van der Waals surface area contributed by atoms with Crippen LogP contribution in [-0.2, 0) is 5.44 Å². The quantitative estimate of drug-likeness (QED) is 0.349. The number of hydrogen-bond acceptors (Lipinski definition) is 9. The summed E-state index contributed by atoms with van der Waals surface area (Å²) in [5, 5.41) is 39.3. The summed E-state index contributed by atoms with van der Waals surface area (Å²) in [6.45, 7) is 6.99. The van der Waals surface area contributed by atoms with Gasteiger partial charge >= 0.3 is 0 Å². The maximum absolute atomic E-state index is 10.1. The van der Waals surface area contributed by atoms with E-state index in [1.54, 1.807) is 12.1 Å². The molecule has 2 heterocycles. The first-order chi connectivity index (χ1) is 18.6. The number of anilines is 2. The minimum Gasteiger partial charge on any atom is -0.383 e. The number of nitrogens with one attached hydrogen (secondary N) is 4. The van der Waals surface area contributed by atoms with Crippen LogP contribution in [0.5, 0.6) is 0 Å². The second kappa shape index (κ2) is 9.87. The number of pyridine rings is 1. The molecule has 1 aliphatic carbocycles. The van der Waals surface area contributed by atoms with Crippen LogP contribution in [0.2, 0.25) is 0 Å². The number of benzene rings is 2. The van der Waals surface area contributed by atoms with E-state index in [9.17, 15) is 15.8 Å². The van der Waals surface area contributed by atoms with Gasteiger partial charge in [0.2, 0.25) is 0 Å². The third kappa shape index (κ3) is 5.18. The third-order valence-electron chi connectivity index (χ3n) is 7.04. The Bertz CT molecular complexity index is 1600. The van der Waals surface area contributed by atoms with Crippen LogP contribution in [0.3, 0.4) is 0 Å². The molecule has 1 fully saturated rings. The van der Waals surface area contributed by atoms with E-state index in [0.717, 1.165) is 24.1 Å². The van der Waals surface area contributed by atoms with E-state index >= 15 is 0 Å². The second-order valence-electron chi connectivity index (χ2n) is 11.5. The molecule has 1 atom stereocenters. The van der Waals surface area contributed by atoms with Crippen LogP contribution in [0.15, 0.2) is 54.5 Å². The van der Waals surface area contributed by atoms with Crippen molar-refractivity contribution < 1.29 is 0 Å². The van der Waals surface area contributed by atoms with Gasteiger partial charge in [-0.3, -0.25) is 9.99 Å². The molecule has 5 rings (SSSR count). The predicted molar refractivity (Wildman–Crippen MR) is 153 cm³/mol. The monoisotopic (exact) mass is 515 g/mol. The SMILES string of the molecule is BC(Nc1cc(C#N)c2ncc(C#N)c(NCC(C)(C)C)c2c1)(C1=CN(C2CC2)NN1)c1cccc(C#N)c1. The van der Waals surface area contributed by atoms with E-state index in [-0.39, 0.29) is 5.41 Å². The molecule has 10 heteroatoms. The zero-order valence-corrected chi connectivity index (χ0v) is 22.6. The molecule has 0 radical (unpaired) electrons. The summed E-state index contributed by atoms with van der Waals surface area (Å²) < 4.78 is 0. The lowest BCUT2D eigenvalue weighted by Gasteiger charge is -2.34. The van der Waals surface area contributed by atoms with Crippen LogP contribution in [0.1, 0.15) is 55.9 Å². The highest BCUT2D eigenvalue weighted by Crippen LogP contribution is 2.37. The summed E-state index contributed by atoms with van der Waals surface area (Å²) >= 11 is 0. The molecule has 39 heavy (non-hydrogen) atoms. The molecule has 0 bridgehead atoms. The first-order valence-electron chi connectivity index (χ1n) is 13.0. The molecule has 1 saturated carbocycles. The molecule has 0 amide bonds. The molecule has 2 aromatic carbocycles. The minimum atomic E-state index is -0.789. The Labute approximate surface area is 229 Å². The second-order valence-corrected chi connectivity index (χ2v) is 11.5. The van der Waals surface area contributed by atoms with Crippen LogP contribution in [0.4, 0.5) is 11.4 Å². The lowest BCUT2D eigenvalue weighted by atomic mass is 9.69. The average Bonchev–Trinajstić information content (AvgIpc) is 3.66. The van der Waals surface area contributed by atoms with Gasteiger partial charge in [-0.05, 0) is 48.1 Å². The summed E-state index contributed by atoms with van der Waals surface area (Å²) in [5.74, 6) is 0. The normalized spacial score (nSPS) is 16.3. The fraction of sp³-hybridized carbons (Fsp3) is 0.310. The molecule has 9 nitrogen and oxygen atoms in total. The highest BCUT2D eigenvalue weighted by atomic mass is 15.7. The summed E-state index contributed by atoms with van der Waals surface area (Å²) in [6, 6.07) is 18.4. The molecule has 194 valence electrons. The molecule has 2 aliphatic rings. The first kappa shape index (κ1) is 25.9. The molecule has 3 aromatic rings. The number of aromatic nitrogens is 1. The zero-order valence-electron chi connectivity index (χ0n) is 22.6. The predicted octanol–water partition coefficient (Wildman–Crippen LogP) is 3.53. The lowest BCUT2D eigenvalue weighted by Crippen LogP contribution is -2.45. The van der Waals surface area contributed by atoms with Crippen molar-refractivity contribution in [3.8, 4) is 18.2 Å². The fourth-order valence-corrected chi connectivity index (χ4v) is 4.70. The van der Waals surface area contributed by atoms with E-state index in [0.29, 0.717) is 51.6 Å². The summed E-state index contributed by atoms with van der Waals surface area (Å²) in [6.07, 6.45) is 5.83. The molecule has 1 aliphatic heterocycles. The van der Waals surface area contributed by atoms with Crippen molar-refractivity contribution in [2.45, 2.75) is 45.1 Å². The van der Waals surface area contributed by atoms with E-state index in [4.69, 9.17) is 0 Å². The van der Waals surface area contributed by atoms with E-state index in [1.807, 2.05) is 32.1 Å². The molecule has 0 saturated heterocycles. The third-order valence-corrected chi connectivity index (χ3v) is 7.04. The molecule has 1 unspecified atom stereocenters. The maximum atomic E-state index is 10.1. The molecule has 4 N–H and O–H groups in total. The smallest absolute Gasteiger partial charge is 0.148 e. The Kier molecular flexibility index (Phi) is 6.56. The van der Waals surface area contributed by atoms with Crippen LogP contribution in [-0.4, -0.2) is 30.4 Å². The van der Waals surface area contributed by atoms with Crippen molar-refractivity contribution in [3.05, 3.63) is 76.7 Å². The number of nitriles is 3. The van der Waals surface area contributed by atoms with Crippen LogP contribution >= 0.6 is 0 Å². The summed E-state index contributed by atoms with van der Waals surface area (Å²) in [7, 11) is 2.04. The van der Waals surface area contributed by atoms with E-state index in [2.05, 4.69) is 76.8 Å². The standard InChI is InChI=1S/C29H30BN9/c1-28(2,3)17-35-27-20(14-33)15-34-26-19(13-32)10-22(11-24(26)27)36-29(30,21-6-4-5-18(9-21)12-31)25-16-39(38-37-25)23-7-8-23/h4-6,9-11,15-16,23,36-38H,7-8,17,30H2,1-3H3,(H,34,35). The van der Waals surface area contributed by atoms with E-state index < -0.39 is 5.44 Å². The van der Waals surface area contributed by atoms with Crippen molar-refractivity contribution in [2.75, 3.05) is 17.2 Å². The fourth-order valence-electron chi connectivity index (χ4n) is 4.70. The van der Waals surface area contributed by atoms with Crippen molar-refractivity contribution in [1.82, 2.24) is 21.0 Å². The number of hydrogen-bond donors (Lipinski definition) is 4. The van der Waals surface area contributed by atoms with E-state index in [1.165, 1.54) is 6.20 Å². The van der Waals surface area contributed by atoms with Crippen molar-refractivity contribution >= 4 is 30.1 Å². The van der Waals surface area contributed by atoms with Crippen molar-refractivity contribution in [2.24, 2.45) is 5.41 Å². The van der Waals surface area contributed by atoms with Crippen LogP contribution in [0.25, 0.3) is 10.9 Å². The maximum Gasteiger partial charge on any atom is 0.148 e. The first-order valence-corrected chi connectivity index (χ1v) is 13.0. The lowest BCUT2D eigenvalue weighted by molar-refractivity contribution is 0.260. The minimum absolute atomic E-state index is 0.0262. The highest BCUT2D eigenvalue weighted by molar-refractivity contribution is 6.19. The van der Waals surface area contributed by atoms with Gasteiger partial charge in [0.05, 0.1) is 45.1 Å². The van der Waals surface area contributed by atoms with Crippen LogP contribution < -0.4 is 21.6 Å². The van der Waals surface area contributed by atoms with Gasteiger partial charge in [0, 0.05) is 36.1 Å². The number of rotatable bonds is 7. The van der Waals surface area contributed by atoms with Gasteiger partial charge in [0.15, 0.2) is 0 Å². The number of fused-ring (bicyclic) bond motifs is 1. The Morgan fingerprint density at radius 2 is 1.85 bits per heavy atom. The Morgan fingerprint density at radius 3 is 2.51 bits per heavy atom. The van der Waals surface area contributed by atoms with Crippen LogP contribution in [0, 0.1) is 39.4 Å². The Hall–Kier alpha value is -4.72. The summed E-state index contributed by atoms with van der Waals surface area (Å²) in [4.78, 5) is 4.47. The zero-order chi connectivity index (χ0) is 27.8. The topological polar surface area (TPSA) is 136 Å². The van der Waals surface area contributed by atoms with Crippen molar-refractivity contribution in [3.63, 3.8) is 0 Å². The Morgan fingerprint density at radius 1 is 1.08 bits per heavy atom. The number of hydrazine groups is 2. The highest BCUT2D eigenvalue weighted by Gasteiger charge is 2.38. The number of nitrogens with zero attached hydrogens (tertiary/aromatic N) is 5. The van der Waals surface area contributed by atoms with Gasteiger partial charge in [-0.15, -0.1) is 5.53 Å². The van der Waals surface area contributed by atoms with Gasteiger partial charge in [0.25, 0.3) is 0 Å². The van der Waals surface area contributed by atoms with Gasteiger partial charge < -0.3 is 16.1 Å². The van der Waals surface area contributed by atoms with Gasteiger partial charge in [-0.25, -0.2) is 0 Å². The van der Waals surface area contributed by atoms with Crippen molar-refractivity contribution in [1.29, 1.82) is 15.8 Å².